The zero-order valence-corrected chi connectivity index (χ0v) is 12.4. The number of nitrogens with one attached hydrogen (secondary N) is 1. The molecule has 0 saturated carbocycles. The second-order valence-electron chi connectivity index (χ2n) is 3.98. The third kappa shape index (κ3) is 4.11. The number of amides is 1. The summed E-state index contributed by atoms with van der Waals surface area (Å²) >= 11 is 7.44. The molecule has 0 heterocycles. The van der Waals surface area contributed by atoms with Crippen LogP contribution < -0.4 is 5.43 Å². The monoisotopic (exact) mass is 304 g/mol. The lowest BCUT2D eigenvalue weighted by Gasteiger charge is -2.00. The summed E-state index contributed by atoms with van der Waals surface area (Å²) in [5.74, 6) is -0.265. The van der Waals surface area contributed by atoms with Crippen LogP contribution in [0.25, 0.3) is 0 Å². The van der Waals surface area contributed by atoms with Crippen LogP contribution in [-0.2, 0) is 0 Å². The van der Waals surface area contributed by atoms with Gasteiger partial charge in [-0.1, -0.05) is 23.7 Å². The van der Waals surface area contributed by atoms with Gasteiger partial charge in [0.25, 0.3) is 5.91 Å². The van der Waals surface area contributed by atoms with Gasteiger partial charge in [0.2, 0.25) is 0 Å². The average Bonchev–Trinajstić information content (AvgIpc) is 2.48. The van der Waals surface area contributed by atoms with E-state index in [0.717, 1.165) is 5.56 Å². The highest BCUT2D eigenvalue weighted by molar-refractivity contribution is 7.98. The van der Waals surface area contributed by atoms with Crippen molar-refractivity contribution >= 4 is 35.5 Å². The summed E-state index contributed by atoms with van der Waals surface area (Å²) in [5, 5.41) is 4.53. The van der Waals surface area contributed by atoms with Crippen LogP contribution in [0.3, 0.4) is 0 Å². The summed E-state index contributed by atoms with van der Waals surface area (Å²) in [6.45, 7) is 0. The first kappa shape index (κ1) is 14.6. The van der Waals surface area contributed by atoms with Crippen LogP contribution in [0.1, 0.15) is 15.9 Å². The van der Waals surface area contributed by atoms with Crippen molar-refractivity contribution in [2.75, 3.05) is 6.26 Å². The number of hydrogen-bond donors (Lipinski definition) is 1. The zero-order chi connectivity index (χ0) is 14.4. The van der Waals surface area contributed by atoms with Crippen molar-refractivity contribution in [3.63, 3.8) is 0 Å². The van der Waals surface area contributed by atoms with E-state index in [-0.39, 0.29) is 5.91 Å². The normalized spacial score (nSPS) is 10.7. The third-order valence-electron chi connectivity index (χ3n) is 2.60. The first-order valence-corrected chi connectivity index (χ1v) is 7.52. The number of rotatable bonds is 4. The standard InChI is InChI=1S/C15H13ClN2OS/c1-20-14-8-2-11(3-9-14)10-17-18-15(19)12-4-6-13(16)7-5-12/h2-10H,1H3,(H,18,19)/b17-10-. The molecule has 20 heavy (non-hydrogen) atoms. The van der Waals surface area contributed by atoms with Gasteiger partial charge in [0.05, 0.1) is 6.21 Å². The lowest BCUT2D eigenvalue weighted by Crippen LogP contribution is -2.17. The lowest BCUT2D eigenvalue weighted by molar-refractivity contribution is 0.0955. The van der Waals surface area contributed by atoms with E-state index >= 15 is 0 Å². The van der Waals surface area contributed by atoms with Gasteiger partial charge in [-0.2, -0.15) is 5.10 Å². The minimum absolute atomic E-state index is 0.265. The quantitative estimate of drug-likeness (QED) is 0.530. The summed E-state index contributed by atoms with van der Waals surface area (Å²) < 4.78 is 0. The molecule has 2 aromatic rings. The van der Waals surface area contributed by atoms with Crippen LogP contribution in [0.15, 0.2) is 58.5 Å². The lowest BCUT2D eigenvalue weighted by atomic mass is 10.2. The summed E-state index contributed by atoms with van der Waals surface area (Å²) in [6.07, 6.45) is 3.63. The smallest absolute Gasteiger partial charge is 0.267 e. The molecule has 0 aliphatic rings. The Hall–Kier alpha value is -1.78. The molecule has 0 radical (unpaired) electrons. The number of thioether (sulfide) groups is 1. The molecule has 0 unspecified atom stereocenters. The van der Waals surface area contributed by atoms with Gasteiger partial charge >= 0.3 is 0 Å². The van der Waals surface area contributed by atoms with Crippen molar-refractivity contribution in [2.45, 2.75) is 4.90 Å². The Labute approximate surface area is 127 Å². The van der Waals surface area contributed by atoms with E-state index in [9.17, 15) is 4.79 Å². The summed E-state index contributed by atoms with van der Waals surface area (Å²) in [5.41, 5.74) is 3.93. The van der Waals surface area contributed by atoms with E-state index in [4.69, 9.17) is 11.6 Å². The van der Waals surface area contributed by atoms with Crippen LogP contribution in [0.4, 0.5) is 0 Å². The number of carbonyl (C=O) groups excluding carboxylic acids is 1. The Morgan fingerprint density at radius 1 is 1.15 bits per heavy atom. The van der Waals surface area contributed by atoms with Gasteiger partial charge in [-0.25, -0.2) is 5.43 Å². The first-order chi connectivity index (χ1) is 9.69. The van der Waals surface area contributed by atoms with Crippen LogP contribution >= 0.6 is 23.4 Å². The van der Waals surface area contributed by atoms with E-state index in [1.807, 2.05) is 30.5 Å². The minimum Gasteiger partial charge on any atom is -0.267 e. The number of nitrogens with zero attached hydrogens (tertiary/aromatic N) is 1. The van der Waals surface area contributed by atoms with Crippen LogP contribution in [0.2, 0.25) is 5.02 Å². The number of hydrogen-bond acceptors (Lipinski definition) is 3. The SMILES string of the molecule is CSc1ccc(/C=N\NC(=O)c2ccc(Cl)cc2)cc1. The highest BCUT2D eigenvalue weighted by Gasteiger charge is 2.02. The van der Waals surface area contributed by atoms with Gasteiger partial charge < -0.3 is 0 Å². The molecule has 0 fully saturated rings. The van der Waals surface area contributed by atoms with Crippen LogP contribution in [0, 0.1) is 0 Å². The van der Waals surface area contributed by atoms with E-state index in [1.54, 1.807) is 42.2 Å². The molecule has 1 N–H and O–H groups in total. The van der Waals surface area contributed by atoms with Gasteiger partial charge in [0.1, 0.15) is 0 Å². The third-order valence-corrected chi connectivity index (χ3v) is 3.60. The Morgan fingerprint density at radius 3 is 2.40 bits per heavy atom. The van der Waals surface area contributed by atoms with E-state index in [0.29, 0.717) is 10.6 Å². The highest BCUT2D eigenvalue weighted by Crippen LogP contribution is 2.14. The van der Waals surface area contributed by atoms with Gasteiger partial charge in [0, 0.05) is 15.5 Å². The second-order valence-corrected chi connectivity index (χ2v) is 5.30. The topological polar surface area (TPSA) is 41.5 Å². The van der Waals surface area contributed by atoms with Gasteiger partial charge in [-0.05, 0) is 48.2 Å². The maximum Gasteiger partial charge on any atom is 0.271 e. The molecule has 0 atom stereocenters. The predicted octanol–water partition coefficient (Wildman–Crippen LogP) is 3.83. The molecule has 2 aromatic carbocycles. The van der Waals surface area contributed by atoms with E-state index in [1.165, 1.54) is 4.90 Å². The van der Waals surface area contributed by atoms with E-state index in [2.05, 4.69) is 10.5 Å². The average molecular weight is 305 g/mol. The summed E-state index contributed by atoms with van der Waals surface area (Å²) in [7, 11) is 0. The number of carbonyl (C=O) groups is 1. The number of benzene rings is 2. The van der Waals surface area contributed by atoms with Crippen molar-refractivity contribution < 1.29 is 4.79 Å². The first-order valence-electron chi connectivity index (χ1n) is 5.92. The van der Waals surface area contributed by atoms with Crippen molar-refractivity contribution in [3.05, 3.63) is 64.7 Å². The predicted molar refractivity (Wildman–Crippen MR) is 84.7 cm³/mol. The van der Waals surface area contributed by atoms with Gasteiger partial charge in [0.15, 0.2) is 0 Å². The summed E-state index contributed by atoms with van der Waals surface area (Å²) in [6, 6.07) is 14.6. The van der Waals surface area contributed by atoms with Crippen LogP contribution in [-0.4, -0.2) is 18.4 Å². The van der Waals surface area contributed by atoms with Gasteiger partial charge in [-0.15, -0.1) is 11.8 Å². The molecule has 0 spiro atoms. The Morgan fingerprint density at radius 2 is 1.80 bits per heavy atom. The summed E-state index contributed by atoms with van der Waals surface area (Å²) in [4.78, 5) is 13.0. The van der Waals surface area contributed by atoms with Crippen molar-refractivity contribution in [2.24, 2.45) is 5.10 Å². The Bertz CT molecular complexity index is 609. The molecule has 102 valence electrons. The minimum atomic E-state index is -0.265. The van der Waals surface area contributed by atoms with E-state index < -0.39 is 0 Å². The largest absolute Gasteiger partial charge is 0.271 e. The second kappa shape index (κ2) is 7.12. The molecule has 0 aromatic heterocycles. The molecule has 2 rings (SSSR count). The van der Waals surface area contributed by atoms with Crippen molar-refractivity contribution in [1.29, 1.82) is 0 Å². The Kier molecular flexibility index (Phi) is 5.21. The maximum atomic E-state index is 11.8. The maximum absolute atomic E-state index is 11.8. The fraction of sp³-hybridized carbons (Fsp3) is 0.0667. The molecule has 5 heteroatoms. The molecule has 0 saturated heterocycles. The zero-order valence-electron chi connectivity index (χ0n) is 10.8. The van der Waals surface area contributed by atoms with Crippen molar-refractivity contribution in [3.8, 4) is 0 Å². The molecule has 3 nitrogen and oxygen atoms in total. The fourth-order valence-corrected chi connectivity index (χ4v) is 2.06. The highest BCUT2D eigenvalue weighted by atomic mass is 35.5. The molecule has 0 bridgehead atoms. The fourth-order valence-electron chi connectivity index (χ4n) is 1.52. The molecule has 1 amide bonds. The molecule has 0 aliphatic heterocycles. The van der Waals surface area contributed by atoms with Gasteiger partial charge in [-0.3, -0.25) is 4.79 Å². The molecule has 0 aliphatic carbocycles. The van der Waals surface area contributed by atoms with Crippen molar-refractivity contribution in [1.82, 2.24) is 5.43 Å². The van der Waals surface area contributed by atoms with Crippen LogP contribution in [0.5, 0.6) is 0 Å². The molecular weight excluding hydrogens is 292 g/mol. The number of hydrazone groups is 1. The molecular formula is C15H13ClN2OS. The number of halogens is 1. The Balaban J connectivity index is 1.95.